The van der Waals surface area contributed by atoms with Gasteiger partial charge in [0.25, 0.3) is 5.92 Å². The molecule has 1 aromatic rings. The molecule has 4 fully saturated rings. The number of hydrogen-bond acceptors (Lipinski definition) is 3. The van der Waals surface area contributed by atoms with Crippen molar-refractivity contribution in [1.82, 2.24) is 4.98 Å². The number of fused-ring (bicyclic) bond motifs is 2. The van der Waals surface area contributed by atoms with Crippen molar-refractivity contribution < 1.29 is 18.3 Å². The molecule has 3 saturated carbocycles. The van der Waals surface area contributed by atoms with Gasteiger partial charge in [0.2, 0.25) is 0 Å². The third-order valence-electron chi connectivity index (χ3n) is 11.9. The van der Waals surface area contributed by atoms with E-state index in [0.29, 0.717) is 35.9 Å². The summed E-state index contributed by atoms with van der Waals surface area (Å²) >= 11 is 0. The van der Waals surface area contributed by atoms with E-state index in [1.54, 1.807) is 6.07 Å². The summed E-state index contributed by atoms with van der Waals surface area (Å²) < 4.78 is 33.8. The first kappa shape index (κ1) is 27.8. The van der Waals surface area contributed by atoms with Gasteiger partial charge < -0.3 is 4.74 Å². The minimum Gasteiger partial charge on any atom is -0.381 e. The summed E-state index contributed by atoms with van der Waals surface area (Å²) in [6.45, 7) is 5.33. The van der Waals surface area contributed by atoms with Crippen LogP contribution in [0.15, 0.2) is 12.3 Å². The normalized spacial score (nSPS) is 35.7. The van der Waals surface area contributed by atoms with Gasteiger partial charge in [-0.3, -0.25) is 9.78 Å². The fourth-order valence-electron chi connectivity index (χ4n) is 9.38. The molecule has 3 nitrogen and oxygen atoms in total. The molecule has 1 saturated heterocycles. The summed E-state index contributed by atoms with van der Waals surface area (Å²) in [5.41, 5.74) is 1.90. The Morgan fingerprint density at radius 2 is 2.05 bits per heavy atom. The molecule has 1 aliphatic heterocycles. The van der Waals surface area contributed by atoms with Crippen LogP contribution in [-0.4, -0.2) is 24.0 Å². The predicted octanol–water partition coefficient (Wildman–Crippen LogP) is 8.32. The van der Waals surface area contributed by atoms with Crippen molar-refractivity contribution in [3.05, 3.63) is 29.1 Å². The Morgan fingerprint density at radius 1 is 1.21 bits per heavy atom. The van der Waals surface area contributed by atoms with Gasteiger partial charge in [0.15, 0.2) is 0 Å². The van der Waals surface area contributed by atoms with E-state index in [0.717, 1.165) is 94.1 Å². The highest BCUT2D eigenvalue weighted by molar-refractivity contribution is 5.86. The molecule has 4 aliphatic carbocycles. The van der Waals surface area contributed by atoms with Crippen molar-refractivity contribution in [2.75, 3.05) is 13.2 Å². The molecular weight excluding hydrogens is 492 g/mol. The molecule has 5 heteroatoms. The van der Waals surface area contributed by atoms with Crippen LogP contribution in [0.25, 0.3) is 0 Å². The van der Waals surface area contributed by atoms with E-state index >= 15 is 0 Å². The number of pyridine rings is 1. The molecule has 7 unspecified atom stereocenters. The van der Waals surface area contributed by atoms with Crippen LogP contribution in [0, 0.1) is 46.8 Å². The number of aromatic nitrogens is 1. The first-order valence-corrected chi connectivity index (χ1v) is 16.2. The van der Waals surface area contributed by atoms with Crippen LogP contribution in [0.4, 0.5) is 8.78 Å². The molecule has 216 valence electrons. The first-order chi connectivity index (χ1) is 18.7. The average molecular weight is 542 g/mol. The van der Waals surface area contributed by atoms with Crippen LogP contribution >= 0.6 is 0 Å². The van der Waals surface area contributed by atoms with E-state index in [1.165, 1.54) is 51.1 Å². The third-order valence-corrected chi connectivity index (χ3v) is 11.9. The van der Waals surface area contributed by atoms with Crippen LogP contribution in [0.3, 0.4) is 0 Å². The second kappa shape index (κ2) is 11.1. The monoisotopic (exact) mass is 541 g/mol. The van der Waals surface area contributed by atoms with Gasteiger partial charge in [-0.2, -0.15) is 0 Å². The zero-order chi connectivity index (χ0) is 27.2. The molecule has 0 amide bonds. The third kappa shape index (κ3) is 5.86. The van der Waals surface area contributed by atoms with Crippen LogP contribution in [0.5, 0.6) is 0 Å². The minimum absolute atomic E-state index is 0.0148. The maximum absolute atomic E-state index is 14.0. The number of hydrogen-bond donors (Lipinski definition) is 0. The second-order valence-electron chi connectivity index (χ2n) is 14.4. The molecule has 1 aromatic heterocycles. The van der Waals surface area contributed by atoms with Crippen LogP contribution in [-0.2, 0) is 28.3 Å². The lowest BCUT2D eigenvalue weighted by Crippen LogP contribution is -2.32. The Hall–Kier alpha value is -1.36. The van der Waals surface area contributed by atoms with E-state index in [4.69, 9.17) is 4.74 Å². The fraction of sp³-hybridized carbons (Fsp3) is 0.824. The molecule has 5 aliphatic rings. The largest absolute Gasteiger partial charge is 0.381 e. The van der Waals surface area contributed by atoms with Gasteiger partial charge >= 0.3 is 0 Å². The van der Waals surface area contributed by atoms with Crippen LogP contribution < -0.4 is 0 Å². The maximum Gasteiger partial charge on any atom is 0.272 e. The fourth-order valence-corrected chi connectivity index (χ4v) is 9.38. The SMILES string of the molecule is CC(CC1CCOCC1C1CC1)C1CC2CCCC2(C(=O)CCC2CCCc3ncc(C(C)(F)F)cc3C2)C1. The zero-order valence-electron chi connectivity index (χ0n) is 24.2. The second-order valence-corrected chi connectivity index (χ2v) is 14.4. The number of ketones is 1. The summed E-state index contributed by atoms with van der Waals surface area (Å²) in [5, 5.41) is 0. The number of halogens is 2. The number of aryl methyl sites for hydroxylation is 1. The number of carbonyl (C=O) groups is 1. The molecule has 39 heavy (non-hydrogen) atoms. The summed E-state index contributed by atoms with van der Waals surface area (Å²) in [6, 6.07) is 1.68. The molecule has 0 radical (unpaired) electrons. The summed E-state index contributed by atoms with van der Waals surface area (Å²) in [5.74, 6) is 2.52. The van der Waals surface area contributed by atoms with E-state index in [-0.39, 0.29) is 11.0 Å². The number of nitrogens with zero attached hydrogens (tertiary/aromatic N) is 1. The molecule has 7 atom stereocenters. The highest BCUT2D eigenvalue weighted by Crippen LogP contribution is 2.60. The van der Waals surface area contributed by atoms with E-state index in [9.17, 15) is 13.6 Å². The van der Waals surface area contributed by atoms with Gasteiger partial charge in [-0.25, -0.2) is 8.78 Å². The number of Topliss-reactive ketones (excluding diaryl/α,β-unsaturated/α-hetero) is 1. The van der Waals surface area contributed by atoms with Gasteiger partial charge in [-0.05, 0) is 137 Å². The van der Waals surface area contributed by atoms with Crippen LogP contribution in [0.2, 0.25) is 0 Å². The maximum atomic E-state index is 14.0. The summed E-state index contributed by atoms with van der Waals surface area (Å²) in [4.78, 5) is 18.4. The Kier molecular flexibility index (Phi) is 7.94. The molecule has 2 heterocycles. The lowest BCUT2D eigenvalue weighted by molar-refractivity contribution is -0.130. The standard InChI is InChI=1S/C34H49F2NO2/c1-22(15-25-12-14-39-21-30(25)24-9-10-24)27-18-28-6-4-13-34(28,19-27)32(38)11-8-23-5-3-7-31-26(16-23)17-29(20-37-31)33(2,35)36/h17,20,22-25,27-28,30H,3-16,18-19,21H2,1-2H3. The highest BCUT2D eigenvalue weighted by atomic mass is 19.3. The van der Waals surface area contributed by atoms with Crippen molar-refractivity contribution in [1.29, 1.82) is 0 Å². The van der Waals surface area contributed by atoms with E-state index in [1.807, 2.05) is 0 Å². The van der Waals surface area contributed by atoms with Crippen molar-refractivity contribution in [3.63, 3.8) is 0 Å². The Balaban J connectivity index is 1.07. The number of ether oxygens (including phenoxy) is 1. The van der Waals surface area contributed by atoms with Crippen molar-refractivity contribution in [2.45, 2.75) is 116 Å². The molecular formula is C34H49F2NO2. The zero-order valence-corrected chi connectivity index (χ0v) is 24.2. The average Bonchev–Trinajstić information content (AvgIpc) is 3.61. The summed E-state index contributed by atoms with van der Waals surface area (Å²) in [6.07, 6.45) is 17.9. The minimum atomic E-state index is -2.86. The van der Waals surface area contributed by atoms with Gasteiger partial charge in [-0.15, -0.1) is 0 Å². The van der Waals surface area contributed by atoms with E-state index in [2.05, 4.69) is 11.9 Å². The van der Waals surface area contributed by atoms with Crippen molar-refractivity contribution in [3.8, 4) is 0 Å². The van der Waals surface area contributed by atoms with Gasteiger partial charge in [0.1, 0.15) is 5.78 Å². The lowest BCUT2D eigenvalue weighted by Gasteiger charge is -2.35. The van der Waals surface area contributed by atoms with Gasteiger partial charge in [0.05, 0.1) is 0 Å². The van der Waals surface area contributed by atoms with Gasteiger partial charge in [-0.1, -0.05) is 13.3 Å². The van der Waals surface area contributed by atoms with Crippen LogP contribution in [0.1, 0.15) is 114 Å². The topological polar surface area (TPSA) is 39.2 Å². The Labute approximate surface area is 234 Å². The molecule has 0 aromatic carbocycles. The predicted molar refractivity (Wildman–Crippen MR) is 150 cm³/mol. The summed E-state index contributed by atoms with van der Waals surface area (Å²) in [7, 11) is 0. The lowest BCUT2D eigenvalue weighted by atomic mass is 9.72. The quantitative estimate of drug-likeness (QED) is 0.295. The first-order valence-electron chi connectivity index (χ1n) is 16.2. The highest BCUT2D eigenvalue weighted by Gasteiger charge is 2.55. The Morgan fingerprint density at radius 3 is 2.85 bits per heavy atom. The number of carbonyl (C=O) groups excluding carboxylic acids is 1. The van der Waals surface area contributed by atoms with E-state index < -0.39 is 5.92 Å². The molecule has 0 bridgehead atoms. The van der Waals surface area contributed by atoms with Crippen molar-refractivity contribution in [2.24, 2.45) is 46.8 Å². The van der Waals surface area contributed by atoms with Gasteiger partial charge in [0, 0.05) is 49.4 Å². The molecule has 0 N–H and O–H groups in total. The van der Waals surface area contributed by atoms with Crippen molar-refractivity contribution >= 4 is 5.78 Å². The molecule has 6 rings (SSSR count). The Bertz CT molecular complexity index is 1030. The number of alkyl halides is 2. The molecule has 0 spiro atoms. The smallest absolute Gasteiger partial charge is 0.272 e. The number of rotatable bonds is 9.